The minimum Gasteiger partial charge on any atom is -0.467 e. The van der Waals surface area contributed by atoms with Crippen LogP contribution in [0.1, 0.15) is 39.5 Å². The molecule has 0 fully saturated rings. The van der Waals surface area contributed by atoms with Crippen molar-refractivity contribution in [3.8, 4) is 0 Å². The van der Waals surface area contributed by atoms with Gasteiger partial charge in [0.1, 0.15) is 17.4 Å². The van der Waals surface area contributed by atoms with Crippen LogP contribution in [0.2, 0.25) is 0 Å². The van der Waals surface area contributed by atoms with Crippen molar-refractivity contribution in [2.75, 3.05) is 5.32 Å². The average Bonchev–Trinajstić information content (AvgIpc) is 3.05. The lowest BCUT2D eigenvalue weighted by Crippen LogP contribution is -2.33. The number of rotatable bonds is 2. The fourth-order valence-corrected chi connectivity index (χ4v) is 2.32. The summed E-state index contributed by atoms with van der Waals surface area (Å²) in [6, 6.07) is 2.97. The highest BCUT2D eigenvalue weighted by Crippen LogP contribution is 2.35. The molecule has 0 bridgehead atoms. The maximum atomic E-state index is 12.6. The summed E-state index contributed by atoms with van der Waals surface area (Å²) >= 11 is 0. The van der Waals surface area contributed by atoms with Crippen molar-refractivity contribution in [2.45, 2.75) is 39.3 Å². The zero-order chi connectivity index (χ0) is 15.9. The van der Waals surface area contributed by atoms with Gasteiger partial charge in [-0.3, -0.25) is 0 Å². The molecule has 0 amide bonds. The van der Waals surface area contributed by atoms with E-state index in [1.165, 1.54) is 4.68 Å². The topological polar surface area (TPSA) is 95.1 Å². The molecule has 116 valence electrons. The number of nitrogens with one attached hydrogen (secondary N) is 1. The Kier molecular flexibility index (Phi) is 3.23. The van der Waals surface area contributed by atoms with Gasteiger partial charge in [-0.15, -0.1) is 0 Å². The third kappa shape index (κ3) is 2.47. The molecule has 0 aromatic carbocycles. The molecule has 3 heterocycles. The van der Waals surface area contributed by atoms with E-state index in [2.05, 4.69) is 20.8 Å². The van der Waals surface area contributed by atoms with Gasteiger partial charge < -0.3 is 14.5 Å². The number of allylic oxidation sites excluding steroid dienone is 1. The summed E-state index contributed by atoms with van der Waals surface area (Å²) in [5, 5.41) is 14.5. The number of aromatic nitrogens is 4. The standard InChI is InChI=1S/C14H17N5O3/c1-8-10(12(20)22-14(2,3)4)11(9-6-5-7-21-9)19-13(15-8)16-17-18-19/h5-7,11H,1-4H3,(H,15,16,18)/t11-/m1/s1. The minimum absolute atomic E-state index is 0.421. The van der Waals surface area contributed by atoms with Gasteiger partial charge in [-0.1, -0.05) is 5.10 Å². The monoisotopic (exact) mass is 303 g/mol. The van der Waals surface area contributed by atoms with Crippen LogP contribution in [0.15, 0.2) is 34.1 Å². The molecule has 0 unspecified atom stereocenters. The Bertz CT molecular complexity index is 724. The van der Waals surface area contributed by atoms with Crippen molar-refractivity contribution in [1.82, 2.24) is 20.2 Å². The van der Waals surface area contributed by atoms with Crippen molar-refractivity contribution >= 4 is 11.9 Å². The molecule has 1 N–H and O–H groups in total. The maximum absolute atomic E-state index is 12.6. The zero-order valence-corrected chi connectivity index (χ0v) is 12.8. The summed E-state index contributed by atoms with van der Waals surface area (Å²) in [7, 11) is 0. The molecule has 3 rings (SSSR count). The van der Waals surface area contributed by atoms with Gasteiger partial charge in [-0.2, -0.15) is 4.68 Å². The van der Waals surface area contributed by atoms with E-state index in [1.54, 1.807) is 25.3 Å². The fraction of sp³-hybridized carbons (Fsp3) is 0.429. The van der Waals surface area contributed by atoms with E-state index in [4.69, 9.17) is 9.15 Å². The Hall–Kier alpha value is -2.64. The van der Waals surface area contributed by atoms with Gasteiger partial charge in [0.2, 0.25) is 5.95 Å². The smallest absolute Gasteiger partial charge is 0.338 e. The number of carbonyl (C=O) groups excluding carboxylic acids is 1. The van der Waals surface area contributed by atoms with Gasteiger partial charge >= 0.3 is 5.97 Å². The van der Waals surface area contributed by atoms with Crippen molar-refractivity contribution in [2.24, 2.45) is 0 Å². The molecule has 0 aliphatic carbocycles. The second-order valence-corrected chi connectivity index (χ2v) is 6.03. The van der Waals surface area contributed by atoms with Gasteiger partial charge in [-0.25, -0.2) is 4.79 Å². The van der Waals surface area contributed by atoms with E-state index in [1.807, 2.05) is 20.8 Å². The Morgan fingerprint density at radius 1 is 1.45 bits per heavy atom. The summed E-state index contributed by atoms with van der Waals surface area (Å²) in [6.07, 6.45) is 1.55. The van der Waals surface area contributed by atoms with E-state index in [0.29, 0.717) is 23.0 Å². The van der Waals surface area contributed by atoms with Crippen LogP contribution in [0, 0.1) is 0 Å². The van der Waals surface area contributed by atoms with Crippen LogP contribution < -0.4 is 5.32 Å². The third-order valence-corrected chi connectivity index (χ3v) is 3.15. The van der Waals surface area contributed by atoms with Gasteiger partial charge in [0.05, 0.1) is 11.8 Å². The molecular weight excluding hydrogens is 286 g/mol. The maximum Gasteiger partial charge on any atom is 0.338 e. The number of fused-ring (bicyclic) bond motifs is 1. The van der Waals surface area contributed by atoms with Crippen LogP contribution in [-0.2, 0) is 9.53 Å². The normalized spacial score (nSPS) is 17.9. The van der Waals surface area contributed by atoms with E-state index < -0.39 is 17.6 Å². The molecule has 1 aliphatic rings. The highest BCUT2D eigenvalue weighted by atomic mass is 16.6. The predicted molar refractivity (Wildman–Crippen MR) is 76.8 cm³/mol. The van der Waals surface area contributed by atoms with Gasteiger partial charge in [0, 0.05) is 5.70 Å². The SMILES string of the molecule is CC1=C(C(=O)OC(C)(C)C)[C@@H](c2ccco2)n2nnnc2N1. The van der Waals surface area contributed by atoms with Crippen LogP contribution >= 0.6 is 0 Å². The molecule has 0 saturated heterocycles. The molecule has 2 aromatic heterocycles. The number of hydrogen-bond donors (Lipinski definition) is 1. The van der Waals surface area contributed by atoms with E-state index in [-0.39, 0.29) is 0 Å². The Morgan fingerprint density at radius 3 is 2.86 bits per heavy atom. The molecule has 8 nitrogen and oxygen atoms in total. The molecule has 0 radical (unpaired) electrons. The molecular formula is C14H17N5O3. The lowest BCUT2D eigenvalue weighted by Gasteiger charge is -2.28. The summed E-state index contributed by atoms with van der Waals surface area (Å²) in [5.74, 6) is 0.585. The summed E-state index contributed by atoms with van der Waals surface area (Å²) in [4.78, 5) is 12.6. The molecule has 2 aromatic rings. The molecule has 0 spiro atoms. The number of ether oxygens (including phenoxy) is 1. The molecule has 1 aliphatic heterocycles. The van der Waals surface area contributed by atoms with Crippen LogP contribution in [-0.4, -0.2) is 31.8 Å². The first-order chi connectivity index (χ1) is 10.4. The third-order valence-electron chi connectivity index (χ3n) is 3.15. The number of hydrogen-bond acceptors (Lipinski definition) is 7. The van der Waals surface area contributed by atoms with Gasteiger partial charge in [0.15, 0.2) is 0 Å². The van der Waals surface area contributed by atoms with Gasteiger partial charge in [0.25, 0.3) is 0 Å². The molecule has 22 heavy (non-hydrogen) atoms. The second-order valence-electron chi connectivity index (χ2n) is 6.03. The Labute approximate surface area is 127 Å². The molecule has 0 saturated carbocycles. The van der Waals surface area contributed by atoms with Crippen molar-refractivity contribution in [3.05, 3.63) is 35.4 Å². The predicted octanol–water partition coefficient (Wildman–Crippen LogP) is 1.90. The lowest BCUT2D eigenvalue weighted by atomic mass is 10.0. The largest absolute Gasteiger partial charge is 0.467 e. The lowest BCUT2D eigenvalue weighted by molar-refractivity contribution is -0.150. The number of nitrogens with zero attached hydrogens (tertiary/aromatic N) is 4. The van der Waals surface area contributed by atoms with E-state index in [0.717, 1.165) is 0 Å². The number of tetrazole rings is 1. The highest BCUT2D eigenvalue weighted by molar-refractivity contribution is 5.92. The summed E-state index contributed by atoms with van der Waals surface area (Å²) in [5.41, 5.74) is 0.460. The van der Waals surface area contributed by atoms with E-state index in [9.17, 15) is 4.79 Å². The number of carbonyl (C=O) groups is 1. The fourth-order valence-electron chi connectivity index (χ4n) is 2.32. The first kappa shape index (κ1) is 14.3. The average molecular weight is 303 g/mol. The number of furan rings is 1. The van der Waals surface area contributed by atoms with Crippen molar-refractivity contribution < 1.29 is 13.9 Å². The molecule has 8 heteroatoms. The quantitative estimate of drug-likeness (QED) is 0.846. The van der Waals surface area contributed by atoms with Crippen LogP contribution in [0.25, 0.3) is 0 Å². The number of anilines is 1. The second kappa shape index (κ2) is 4.97. The highest BCUT2D eigenvalue weighted by Gasteiger charge is 2.37. The minimum atomic E-state index is -0.598. The van der Waals surface area contributed by atoms with Crippen molar-refractivity contribution in [3.63, 3.8) is 0 Å². The Morgan fingerprint density at radius 2 is 2.23 bits per heavy atom. The molecule has 1 atom stereocenters. The first-order valence-corrected chi connectivity index (χ1v) is 6.89. The zero-order valence-electron chi connectivity index (χ0n) is 12.8. The Balaban J connectivity index is 2.07. The summed E-state index contributed by atoms with van der Waals surface area (Å²) < 4.78 is 12.5. The first-order valence-electron chi connectivity index (χ1n) is 6.89. The van der Waals surface area contributed by atoms with E-state index >= 15 is 0 Å². The van der Waals surface area contributed by atoms with Crippen LogP contribution in [0.5, 0.6) is 0 Å². The van der Waals surface area contributed by atoms with Crippen LogP contribution in [0.3, 0.4) is 0 Å². The van der Waals surface area contributed by atoms with Crippen LogP contribution in [0.4, 0.5) is 5.95 Å². The van der Waals surface area contributed by atoms with Crippen molar-refractivity contribution in [1.29, 1.82) is 0 Å². The summed E-state index contributed by atoms with van der Waals surface area (Å²) in [6.45, 7) is 7.25. The number of esters is 1. The van der Waals surface area contributed by atoms with Gasteiger partial charge in [-0.05, 0) is 50.3 Å².